The number of hydrogen-bond donors (Lipinski definition) is 2. The van der Waals surface area contributed by atoms with Gasteiger partial charge in [0.1, 0.15) is 17.2 Å². The lowest BCUT2D eigenvalue weighted by Gasteiger charge is -2.08. The molecule has 0 aromatic heterocycles. The van der Waals surface area contributed by atoms with Crippen LogP contribution in [0.25, 0.3) is 6.08 Å². The van der Waals surface area contributed by atoms with Crippen LogP contribution in [0.2, 0.25) is 0 Å². The lowest BCUT2D eigenvalue weighted by molar-refractivity contribution is -0.134. The van der Waals surface area contributed by atoms with Gasteiger partial charge in [-0.3, -0.25) is 4.79 Å². The number of carboxylic acids is 1. The van der Waals surface area contributed by atoms with Gasteiger partial charge >= 0.3 is 5.97 Å². The quantitative estimate of drug-likeness (QED) is 0.516. The van der Waals surface area contributed by atoms with Crippen molar-refractivity contribution in [3.63, 3.8) is 0 Å². The molecule has 25 heavy (non-hydrogen) atoms. The average molecular weight is 449 g/mol. The molecule has 0 aliphatic heterocycles. The predicted molar refractivity (Wildman–Crippen MR) is 102 cm³/mol. The number of carbonyl (C=O) groups excluding carboxylic acids is 1. The molecule has 6 heteroatoms. The third-order valence-electron chi connectivity index (χ3n) is 3.69. The number of carbonyl (C=O) groups is 2. The zero-order valence-electron chi connectivity index (χ0n) is 13.2. The van der Waals surface area contributed by atoms with E-state index in [1.165, 1.54) is 6.08 Å². The van der Waals surface area contributed by atoms with Crippen LogP contribution < -0.4 is 10.1 Å². The Morgan fingerprint density at radius 1 is 1.12 bits per heavy atom. The van der Waals surface area contributed by atoms with E-state index in [9.17, 15) is 14.7 Å². The lowest BCUT2D eigenvalue weighted by Crippen LogP contribution is -2.28. The molecule has 1 saturated carbocycles. The first kappa shape index (κ1) is 17.5. The van der Waals surface area contributed by atoms with Gasteiger partial charge in [0.2, 0.25) is 5.91 Å². The minimum Gasteiger partial charge on any atom is -0.477 e. The van der Waals surface area contributed by atoms with E-state index in [2.05, 4.69) is 27.9 Å². The highest BCUT2D eigenvalue weighted by molar-refractivity contribution is 14.1. The van der Waals surface area contributed by atoms with Crippen LogP contribution in [0.15, 0.2) is 54.2 Å². The molecule has 0 bridgehead atoms. The average Bonchev–Trinajstić information content (AvgIpc) is 3.43. The summed E-state index contributed by atoms with van der Waals surface area (Å²) in [5, 5.41) is 11.7. The highest BCUT2D eigenvalue weighted by Gasteiger charge is 2.30. The van der Waals surface area contributed by atoms with Crippen molar-refractivity contribution in [2.24, 2.45) is 5.92 Å². The minimum atomic E-state index is -1.16. The Labute approximate surface area is 158 Å². The molecule has 0 unspecified atom stereocenters. The van der Waals surface area contributed by atoms with E-state index in [1.54, 1.807) is 24.3 Å². The molecule has 3 rings (SSSR count). The maximum absolute atomic E-state index is 11.8. The first-order valence-corrected chi connectivity index (χ1v) is 8.89. The van der Waals surface area contributed by atoms with E-state index in [1.807, 2.05) is 24.3 Å². The molecule has 0 atom stereocenters. The molecule has 1 amide bonds. The molecule has 5 nitrogen and oxygen atoms in total. The van der Waals surface area contributed by atoms with Gasteiger partial charge in [0.25, 0.3) is 0 Å². The lowest BCUT2D eigenvalue weighted by atomic mass is 10.2. The Bertz CT molecular complexity index is 826. The first-order valence-electron chi connectivity index (χ1n) is 7.81. The summed E-state index contributed by atoms with van der Waals surface area (Å²) in [5.41, 5.74) is 0.548. The summed E-state index contributed by atoms with van der Waals surface area (Å²) in [7, 11) is 0. The standard InChI is InChI=1S/C19H16INO4/c20-15-3-1-2-4-17(15)25-14-9-5-12(6-10-14)11-16(19(23)24)21-18(22)13-7-8-13/h1-6,9-11,13H,7-8H2,(H,21,22)(H,23,24). The maximum Gasteiger partial charge on any atom is 0.352 e. The molecular weight excluding hydrogens is 433 g/mol. The number of aliphatic carboxylic acids is 1. The molecule has 0 heterocycles. The summed E-state index contributed by atoms with van der Waals surface area (Å²) in [4.78, 5) is 23.1. The number of benzene rings is 2. The summed E-state index contributed by atoms with van der Waals surface area (Å²) in [5.74, 6) is -0.0261. The molecule has 1 fully saturated rings. The van der Waals surface area contributed by atoms with Crippen molar-refractivity contribution in [3.8, 4) is 11.5 Å². The van der Waals surface area contributed by atoms with Gasteiger partial charge in [0.05, 0.1) is 3.57 Å². The third kappa shape index (κ3) is 4.82. The molecule has 0 spiro atoms. The second kappa shape index (κ2) is 7.69. The summed E-state index contributed by atoms with van der Waals surface area (Å²) in [6, 6.07) is 14.7. The third-order valence-corrected chi connectivity index (χ3v) is 4.58. The van der Waals surface area contributed by atoms with Crippen LogP contribution in [0.1, 0.15) is 18.4 Å². The van der Waals surface area contributed by atoms with Crippen molar-refractivity contribution in [3.05, 3.63) is 63.4 Å². The maximum atomic E-state index is 11.8. The van der Waals surface area contributed by atoms with Gasteiger partial charge in [-0.05, 0) is 71.3 Å². The summed E-state index contributed by atoms with van der Waals surface area (Å²) in [6.45, 7) is 0. The van der Waals surface area contributed by atoms with Crippen LogP contribution in [0, 0.1) is 9.49 Å². The number of nitrogens with one attached hydrogen (secondary N) is 1. The van der Waals surface area contributed by atoms with Crippen LogP contribution in [-0.4, -0.2) is 17.0 Å². The van der Waals surface area contributed by atoms with Crippen LogP contribution in [-0.2, 0) is 9.59 Å². The number of rotatable bonds is 6. The number of ether oxygens (including phenoxy) is 1. The molecule has 1 aliphatic carbocycles. The highest BCUT2D eigenvalue weighted by atomic mass is 127. The largest absolute Gasteiger partial charge is 0.477 e. The monoisotopic (exact) mass is 449 g/mol. The van der Waals surface area contributed by atoms with E-state index in [0.717, 1.165) is 22.2 Å². The topological polar surface area (TPSA) is 75.6 Å². The van der Waals surface area contributed by atoms with Gasteiger partial charge in [0, 0.05) is 5.92 Å². The molecule has 1 aliphatic rings. The molecule has 128 valence electrons. The second-order valence-electron chi connectivity index (χ2n) is 5.73. The highest BCUT2D eigenvalue weighted by Crippen LogP contribution is 2.29. The summed E-state index contributed by atoms with van der Waals surface area (Å²) in [6.07, 6.45) is 3.09. The summed E-state index contributed by atoms with van der Waals surface area (Å²) >= 11 is 2.20. The number of para-hydroxylation sites is 1. The van der Waals surface area contributed by atoms with Gasteiger partial charge in [0.15, 0.2) is 0 Å². The van der Waals surface area contributed by atoms with Crippen molar-refractivity contribution in [1.82, 2.24) is 5.32 Å². The van der Waals surface area contributed by atoms with E-state index in [-0.39, 0.29) is 17.5 Å². The van der Waals surface area contributed by atoms with Crippen molar-refractivity contribution < 1.29 is 19.4 Å². The zero-order chi connectivity index (χ0) is 17.8. The summed E-state index contributed by atoms with van der Waals surface area (Å²) < 4.78 is 6.81. The Morgan fingerprint density at radius 3 is 2.40 bits per heavy atom. The Balaban J connectivity index is 1.72. The minimum absolute atomic E-state index is 0.0492. The Morgan fingerprint density at radius 2 is 1.80 bits per heavy atom. The SMILES string of the molecule is O=C(O)C(=Cc1ccc(Oc2ccccc2I)cc1)NC(=O)C1CC1. The van der Waals surface area contributed by atoms with E-state index < -0.39 is 5.97 Å². The second-order valence-corrected chi connectivity index (χ2v) is 6.89. The fourth-order valence-corrected chi connectivity index (χ4v) is 2.68. The Kier molecular flexibility index (Phi) is 5.37. The molecule has 0 saturated heterocycles. The van der Waals surface area contributed by atoms with Crippen LogP contribution >= 0.6 is 22.6 Å². The molecule has 2 aromatic carbocycles. The molecule has 0 radical (unpaired) electrons. The fraction of sp³-hybridized carbons (Fsp3) is 0.158. The van der Waals surface area contributed by atoms with Crippen LogP contribution in [0.3, 0.4) is 0 Å². The smallest absolute Gasteiger partial charge is 0.352 e. The van der Waals surface area contributed by atoms with Crippen molar-refractivity contribution >= 4 is 40.5 Å². The molecular formula is C19H16INO4. The normalized spacial score (nSPS) is 14.0. The number of amides is 1. The van der Waals surface area contributed by atoms with E-state index >= 15 is 0 Å². The number of halogens is 1. The number of hydrogen-bond acceptors (Lipinski definition) is 3. The molecule has 2 N–H and O–H groups in total. The van der Waals surface area contributed by atoms with Crippen molar-refractivity contribution in [2.45, 2.75) is 12.8 Å². The van der Waals surface area contributed by atoms with Gasteiger partial charge in [-0.15, -0.1) is 0 Å². The van der Waals surface area contributed by atoms with Gasteiger partial charge in [-0.25, -0.2) is 4.79 Å². The Hall–Kier alpha value is -2.35. The van der Waals surface area contributed by atoms with Crippen molar-refractivity contribution in [1.29, 1.82) is 0 Å². The zero-order valence-corrected chi connectivity index (χ0v) is 15.4. The first-order chi connectivity index (χ1) is 12.0. The van der Waals surface area contributed by atoms with E-state index in [0.29, 0.717) is 11.3 Å². The van der Waals surface area contributed by atoms with Gasteiger partial charge in [-0.2, -0.15) is 0 Å². The fourth-order valence-electron chi connectivity index (χ4n) is 2.18. The molecule has 2 aromatic rings. The van der Waals surface area contributed by atoms with E-state index in [4.69, 9.17) is 4.74 Å². The van der Waals surface area contributed by atoms with Gasteiger partial charge < -0.3 is 15.2 Å². The van der Waals surface area contributed by atoms with Crippen molar-refractivity contribution in [2.75, 3.05) is 0 Å². The number of carboxylic acid groups (broad SMARTS) is 1. The predicted octanol–water partition coefficient (Wildman–Crippen LogP) is 4.04. The van der Waals surface area contributed by atoms with Crippen LogP contribution in [0.5, 0.6) is 11.5 Å². The van der Waals surface area contributed by atoms with Crippen LogP contribution in [0.4, 0.5) is 0 Å². The van der Waals surface area contributed by atoms with Gasteiger partial charge in [-0.1, -0.05) is 24.3 Å².